The van der Waals surface area contributed by atoms with Crippen LogP contribution in [0.15, 0.2) is 18.5 Å². The monoisotopic (exact) mass is 274 g/mol. The summed E-state index contributed by atoms with van der Waals surface area (Å²) in [5.41, 5.74) is 1.18. The molecule has 0 aliphatic heterocycles. The van der Waals surface area contributed by atoms with Crippen LogP contribution in [-0.4, -0.2) is 33.3 Å². The minimum atomic E-state index is 0.785. The number of nitrogens with zero attached hydrogens (tertiary/aromatic N) is 4. The molecule has 0 bridgehead atoms. The number of aromatic nitrogens is 4. The molecule has 0 aliphatic rings. The van der Waals surface area contributed by atoms with Gasteiger partial charge in [-0.15, -0.1) is 0 Å². The van der Waals surface area contributed by atoms with Crippen LogP contribution in [0.2, 0.25) is 0 Å². The molecule has 6 heteroatoms. The summed E-state index contributed by atoms with van der Waals surface area (Å²) in [5.74, 6) is 2.58. The molecule has 0 spiro atoms. The van der Waals surface area contributed by atoms with Crippen molar-refractivity contribution in [2.45, 2.75) is 33.2 Å². The maximum absolute atomic E-state index is 4.52. The number of rotatable bonds is 7. The van der Waals surface area contributed by atoms with E-state index in [1.54, 1.807) is 0 Å². The van der Waals surface area contributed by atoms with E-state index in [1.807, 2.05) is 37.1 Å². The third-order valence-corrected chi connectivity index (χ3v) is 2.91. The zero-order valence-electron chi connectivity index (χ0n) is 12.3. The average molecular weight is 274 g/mol. The molecule has 0 unspecified atom stereocenters. The third-order valence-electron chi connectivity index (χ3n) is 2.91. The SMILES string of the molecule is CCCc1nc(NC)cc(NCCn2cc(C)cn2)n1. The van der Waals surface area contributed by atoms with E-state index in [0.29, 0.717) is 0 Å². The third kappa shape index (κ3) is 3.94. The van der Waals surface area contributed by atoms with E-state index in [1.165, 1.54) is 5.56 Å². The largest absolute Gasteiger partial charge is 0.373 e. The quantitative estimate of drug-likeness (QED) is 0.809. The van der Waals surface area contributed by atoms with Crippen molar-refractivity contribution >= 4 is 11.6 Å². The second-order valence-corrected chi connectivity index (χ2v) is 4.76. The summed E-state index contributed by atoms with van der Waals surface area (Å²) in [6, 6.07) is 1.92. The molecule has 2 N–H and O–H groups in total. The van der Waals surface area contributed by atoms with E-state index in [0.717, 1.165) is 43.4 Å². The minimum absolute atomic E-state index is 0.785. The van der Waals surface area contributed by atoms with Gasteiger partial charge >= 0.3 is 0 Å². The number of hydrogen-bond donors (Lipinski definition) is 2. The summed E-state index contributed by atoms with van der Waals surface area (Å²) in [6.45, 7) is 5.77. The Morgan fingerprint density at radius 3 is 2.70 bits per heavy atom. The summed E-state index contributed by atoms with van der Waals surface area (Å²) in [6.07, 6.45) is 5.83. The Morgan fingerprint density at radius 2 is 2.05 bits per heavy atom. The molecule has 2 aromatic heterocycles. The lowest BCUT2D eigenvalue weighted by Crippen LogP contribution is -2.13. The van der Waals surface area contributed by atoms with Gasteiger partial charge < -0.3 is 10.6 Å². The van der Waals surface area contributed by atoms with Gasteiger partial charge in [-0.2, -0.15) is 5.10 Å². The van der Waals surface area contributed by atoms with Gasteiger partial charge in [-0.05, 0) is 18.9 Å². The Morgan fingerprint density at radius 1 is 1.25 bits per heavy atom. The molecular formula is C14H22N6. The minimum Gasteiger partial charge on any atom is -0.373 e. The fourth-order valence-electron chi connectivity index (χ4n) is 1.94. The van der Waals surface area contributed by atoms with Crippen molar-refractivity contribution in [3.63, 3.8) is 0 Å². The molecular weight excluding hydrogens is 252 g/mol. The first kappa shape index (κ1) is 14.3. The van der Waals surface area contributed by atoms with Crippen LogP contribution in [0.4, 0.5) is 11.6 Å². The second-order valence-electron chi connectivity index (χ2n) is 4.76. The molecule has 0 fully saturated rings. The van der Waals surface area contributed by atoms with Gasteiger partial charge in [0, 0.05) is 32.3 Å². The fourth-order valence-corrected chi connectivity index (χ4v) is 1.94. The molecule has 0 amide bonds. The van der Waals surface area contributed by atoms with Crippen molar-refractivity contribution < 1.29 is 0 Å². The molecule has 0 atom stereocenters. The van der Waals surface area contributed by atoms with Crippen LogP contribution in [0.3, 0.4) is 0 Å². The van der Waals surface area contributed by atoms with Crippen LogP contribution in [0.1, 0.15) is 24.7 Å². The second kappa shape index (κ2) is 6.88. The summed E-state index contributed by atoms with van der Waals surface area (Å²) in [7, 11) is 1.87. The van der Waals surface area contributed by atoms with E-state index in [4.69, 9.17) is 0 Å². The van der Waals surface area contributed by atoms with Crippen molar-refractivity contribution in [3.8, 4) is 0 Å². The van der Waals surface area contributed by atoms with Gasteiger partial charge in [0.1, 0.15) is 17.5 Å². The highest BCUT2D eigenvalue weighted by atomic mass is 15.3. The first-order valence-corrected chi connectivity index (χ1v) is 7.00. The first-order chi connectivity index (χ1) is 9.71. The van der Waals surface area contributed by atoms with Gasteiger partial charge in [0.05, 0.1) is 12.7 Å². The highest BCUT2D eigenvalue weighted by Crippen LogP contribution is 2.11. The highest BCUT2D eigenvalue weighted by molar-refractivity contribution is 5.47. The predicted molar refractivity (Wildman–Crippen MR) is 81.0 cm³/mol. The molecule has 2 heterocycles. The topological polar surface area (TPSA) is 67.7 Å². The van der Waals surface area contributed by atoms with Gasteiger partial charge in [-0.3, -0.25) is 4.68 Å². The Bertz CT molecular complexity index is 548. The smallest absolute Gasteiger partial charge is 0.133 e. The molecule has 0 aliphatic carbocycles. The molecule has 20 heavy (non-hydrogen) atoms. The predicted octanol–water partition coefficient (Wildman–Crippen LogP) is 2.09. The molecule has 0 saturated carbocycles. The lowest BCUT2D eigenvalue weighted by molar-refractivity contribution is 0.636. The van der Waals surface area contributed by atoms with Gasteiger partial charge in [-0.1, -0.05) is 6.92 Å². The van der Waals surface area contributed by atoms with Crippen molar-refractivity contribution in [1.29, 1.82) is 0 Å². The van der Waals surface area contributed by atoms with Crippen molar-refractivity contribution in [1.82, 2.24) is 19.7 Å². The standard InChI is InChI=1S/C14H22N6/c1-4-5-12-18-13(15-3)8-14(19-12)16-6-7-20-10-11(2)9-17-20/h8-10H,4-7H2,1-3H3,(H2,15,16,18,19). The summed E-state index contributed by atoms with van der Waals surface area (Å²) < 4.78 is 1.93. The Balaban J connectivity index is 1.95. The molecule has 2 aromatic rings. The summed E-state index contributed by atoms with van der Waals surface area (Å²) in [4.78, 5) is 8.95. The Labute approximate surface area is 119 Å². The van der Waals surface area contributed by atoms with Gasteiger partial charge in [-0.25, -0.2) is 9.97 Å². The number of aryl methyl sites for hydroxylation is 2. The number of nitrogens with one attached hydrogen (secondary N) is 2. The molecule has 2 rings (SSSR count). The molecule has 0 radical (unpaired) electrons. The van der Waals surface area contributed by atoms with Crippen LogP contribution in [0, 0.1) is 6.92 Å². The lowest BCUT2D eigenvalue weighted by Gasteiger charge is -2.09. The van der Waals surface area contributed by atoms with E-state index in [2.05, 4.69) is 32.6 Å². The Kier molecular flexibility index (Phi) is 4.92. The van der Waals surface area contributed by atoms with Gasteiger partial charge in [0.15, 0.2) is 0 Å². The maximum Gasteiger partial charge on any atom is 0.133 e. The maximum atomic E-state index is 4.52. The highest BCUT2D eigenvalue weighted by Gasteiger charge is 2.03. The molecule has 0 aromatic carbocycles. The number of anilines is 2. The Hall–Kier alpha value is -2.11. The van der Waals surface area contributed by atoms with E-state index in [9.17, 15) is 0 Å². The van der Waals surface area contributed by atoms with Crippen molar-refractivity contribution in [3.05, 3.63) is 29.8 Å². The summed E-state index contributed by atoms with van der Waals surface area (Å²) in [5, 5.41) is 10.7. The lowest BCUT2D eigenvalue weighted by atomic mass is 10.3. The normalized spacial score (nSPS) is 10.6. The van der Waals surface area contributed by atoms with Crippen LogP contribution in [0.5, 0.6) is 0 Å². The fraction of sp³-hybridized carbons (Fsp3) is 0.500. The zero-order valence-corrected chi connectivity index (χ0v) is 12.3. The van der Waals surface area contributed by atoms with Gasteiger partial charge in [0.2, 0.25) is 0 Å². The molecule has 6 nitrogen and oxygen atoms in total. The summed E-state index contributed by atoms with van der Waals surface area (Å²) >= 11 is 0. The van der Waals surface area contributed by atoms with Gasteiger partial charge in [0.25, 0.3) is 0 Å². The van der Waals surface area contributed by atoms with Crippen LogP contribution in [0.25, 0.3) is 0 Å². The average Bonchev–Trinajstić information content (AvgIpc) is 2.84. The van der Waals surface area contributed by atoms with Crippen molar-refractivity contribution in [2.24, 2.45) is 0 Å². The molecule has 0 saturated heterocycles. The van der Waals surface area contributed by atoms with E-state index >= 15 is 0 Å². The van der Waals surface area contributed by atoms with E-state index < -0.39 is 0 Å². The van der Waals surface area contributed by atoms with Crippen molar-refractivity contribution in [2.75, 3.05) is 24.2 Å². The first-order valence-electron chi connectivity index (χ1n) is 7.00. The van der Waals surface area contributed by atoms with Crippen LogP contribution < -0.4 is 10.6 Å². The van der Waals surface area contributed by atoms with Crippen LogP contribution >= 0.6 is 0 Å². The number of hydrogen-bond acceptors (Lipinski definition) is 5. The van der Waals surface area contributed by atoms with E-state index in [-0.39, 0.29) is 0 Å². The van der Waals surface area contributed by atoms with Crippen LogP contribution in [-0.2, 0) is 13.0 Å². The zero-order chi connectivity index (χ0) is 14.4. The molecule has 108 valence electrons.